The maximum absolute atomic E-state index is 12.2. The van der Waals surface area contributed by atoms with Gasteiger partial charge in [-0.25, -0.2) is 0 Å². The lowest BCUT2D eigenvalue weighted by Gasteiger charge is -2.41. The van der Waals surface area contributed by atoms with Crippen LogP contribution >= 0.6 is 11.6 Å². The highest BCUT2D eigenvalue weighted by molar-refractivity contribution is 6.31. The molecule has 1 aliphatic rings. The lowest BCUT2D eigenvalue weighted by atomic mass is 9.90. The van der Waals surface area contributed by atoms with E-state index in [1.807, 2.05) is 29.2 Å². The third-order valence-corrected chi connectivity index (χ3v) is 3.88. The molecule has 2 rings (SSSR count). The van der Waals surface area contributed by atoms with Crippen molar-refractivity contribution >= 4 is 17.5 Å². The predicted molar refractivity (Wildman–Crippen MR) is 78.0 cm³/mol. The Morgan fingerprint density at radius 1 is 1.42 bits per heavy atom. The molecule has 1 aliphatic heterocycles. The third-order valence-electron chi connectivity index (χ3n) is 3.54. The summed E-state index contributed by atoms with van der Waals surface area (Å²) in [5.74, 6) is 0.597. The molecule has 4 heteroatoms. The van der Waals surface area contributed by atoms with E-state index in [4.69, 9.17) is 17.3 Å². The molecule has 1 aromatic rings. The molecule has 19 heavy (non-hydrogen) atoms. The van der Waals surface area contributed by atoms with Crippen molar-refractivity contribution in [2.24, 2.45) is 11.7 Å². The van der Waals surface area contributed by atoms with Gasteiger partial charge in [-0.05, 0) is 24.0 Å². The smallest absolute Gasteiger partial charge is 0.223 e. The Morgan fingerprint density at radius 3 is 2.74 bits per heavy atom. The predicted octanol–water partition coefficient (Wildman–Crippen LogP) is 2.99. The molecule has 1 aromatic carbocycles. The van der Waals surface area contributed by atoms with Crippen LogP contribution in [0.1, 0.15) is 38.3 Å². The van der Waals surface area contributed by atoms with E-state index in [1.54, 1.807) is 0 Å². The zero-order chi connectivity index (χ0) is 14.0. The fourth-order valence-corrected chi connectivity index (χ4v) is 2.95. The zero-order valence-electron chi connectivity index (χ0n) is 11.5. The molecule has 0 radical (unpaired) electrons. The fraction of sp³-hybridized carbons (Fsp3) is 0.533. The van der Waals surface area contributed by atoms with Gasteiger partial charge in [-0.3, -0.25) is 4.79 Å². The van der Waals surface area contributed by atoms with Crippen molar-refractivity contribution in [3.63, 3.8) is 0 Å². The van der Waals surface area contributed by atoms with Crippen molar-refractivity contribution in [3.8, 4) is 0 Å². The first-order valence-electron chi connectivity index (χ1n) is 6.80. The van der Waals surface area contributed by atoms with Crippen LogP contribution in [0, 0.1) is 5.92 Å². The van der Waals surface area contributed by atoms with E-state index in [-0.39, 0.29) is 18.0 Å². The summed E-state index contributed by atoms with van der Waals surface area (Å²) in [4.78, 5) is 14.1. The summed E-state index contributed by atoms with van der Waals surface area (Å²) in [6.45, 7) is 4.94. The molecule has 2 atom stereocenters. The number of nitrogens with two attached hydrogens (primary N) is 1. The van der Waals surface area contributed by atoms with Gasteiger partial charge in [0.25, 0.3) is 0 Å². The molecule has 0 aromatic heterocycles. The first kappa shape index (κ1) is 14.4. The quantitative estimate of drug-likeness (QED) is 0.925. The van der Waals surface area contributed by atoms with Gasteiger partial charge >= 0.3 is 0 Å². The van der Waals surface area contributed by atoms with E-state index in [9.17, 15) is 4.79 Å². The molecule has 1 heterocycles. The van der Waals surface area contributed by atoms with Crippen LogP contribution in [-0.4, -0.2) is 23.4 Å². The second-order valence-corrected chi connectivity index (χ2v) is 6.02. The van der Waals surface area contributed by atoms with Crippen LogP contribution in [0.4, 0.5) is 0 Å². The normalized spacial score (nSPS) is 24.1. The van der Waals surface area contributed by atoms with Crippen LogP contribution in [0.3, 0.4) is 0 Å². The van der Waals surface area contributed by atoms with Crippen LogP contribution in [0.5, 0.6) is 0 Å². The number of benzene rings is 1. The number of nitrogens with zero attached hydrogens (tertiary/aromatic N) is 1. The van der Waals surface area contributed by atoms with Gasteiger partial charge in [-0.1, -0.05) is 43.6 Å². The maximum Gasteiger partial charge on any atom is 0.223 e. The molecule has 0 spiro atoms. The number of carbonyl (C=O) groups is 1. The molecule has 0 bridgehead atoms. The number of hydrogen-bond acceptors (Lipinski definition) is 2. The van der Waals surface area contributed by atoms with Crippen molar-refractivity contribution in [1.29, 1.82) is 0 Å². The standard InChI is InChI=1S/C15H21ClN2O/c1-10(2)9-18-14(19)8-7-13(17)15(18)11-5-3-4-6-12(11)16/h3-6,10,13,15H,7-9,17H2,1-2H3. The Bertz CT molecular complexity index is 461. The summed E-state index contributed by atoms with van der Waals surface area (Å²) in [6, 6.07) is 7.53. The minimum atomic E-state index is -0.0997. The number of amides is 1. The van der Waals surface area contributed by atoms with Gasteiger partial charge in [0.2, 0.25) is 5.91 Å². The SMILES string of the molecule is CC(C)CN1C(=O)CCC(N)C1c1ccccc1Cl. The van der Waals surface area contributed by atoms with Gasteiger partial charge in [0, 0.05) is 24.0 Å². The van der Waals surface area contributed by atoms with E-state index in [0.717, 1.165) is 18.5 Å². The Kier molecular flexibility index (Phi) is 4.48. The molecule has 1 amide bonds. The highest BCUT2D eigenvalue weighted by atomic mass is 35.5. The van der Waals surface area contributed by atoms with Gasteiger partial charge in [0.05, 0.1) is 6.04 Å². The highest BCUT2D eigenvalue weighted by Crippen LogP contribution is 2.35. The van der Waals surface area contributed by atoms with Gasteiger partial charge < -0.3 is 10.6 Å². The largest absolute Gasteiger partial charge is 0.334 e. The lowest BCUT2D eigenvalue weighted by Crippen LogP contribution is -2.50. The van der Waals surface area contributed by atoms with Gasteiger partial charge in [-0.2, -0.15) is 0 Å². The minimum absolute atomic E-state index is 0.0450. The Morgan fingerprint density at radius 2 is 2.11 bits per heavy atom. The number of likely N-dealkylation sites (tertiary alicyclic amines) is 1. The minimum Gasteiger partial charge on any atom is -0.334 e. The van der Waals surface area contributed by atoms with Crippen molar-refractivity contribution < 1.29 is 4.79 Å². The van der Waals surface area contributed by atoms with E-state index in [2.05, 4.69) is 13.8 Å². The van der Waals surface area contributed by atoms with Gasteiger partial charge in [-0.15, -0.1) is 0 Å². The van der Waals surface area contributed by atoms with Crippen LogP contribution in [0.2, 0.25) is 5.02 Å². The second kappa shape index (κ2) is 5.93. The topological polar surface area (TPSA) is 46.3 Å². The van der Waals surface area contributed by atoms with Crippen LogP contribution in [-0.2, 0) is 4.79 Å². The van der Waals surface area contributed by atoms with E-state index in [1.165, 1.54) is 0 Å². The van der Waals surface area contributed by atoms with E-state index >= 15 is 0 Å². The Labute approximate surface area is 119 Å². The molecule has 0 aliphatic carbocycles. The summed E-state index contributed by atoms with van der Waals surface area (Å²) in [6.07, 6.45) is 1.26. The summed E-state index contributed by atoms with van der Waals surface area (Å²) in [7, 11) is 0. The average Bonchev–Trinajstić information content (AvgIpc) is 2.35. The van der Waals surface area contributed by atoms with Crippen LogP contribution in [0.15, 0.2) is 24.3 Å². The molecule has 2 unspecified atom stereocenters. The second-order valence-electron chi connectivity index (χ2n) is 5.61. The number of rotatable bonds is 3. The summed E-state index contributed by atoms with van der Waals surface area (Å²) >= 11 is 6.28. The monoisotopic (exact) mass is 280 g/mol. The van der Waals surface area contributed by atoms with Crippen LogP contribution < -0.4 is 5.73 Å². The third kappa shape index (κ3) is 3.10. The van der Waals surface area contributed by atoms with Crippen molar-refractivity contribution in [2.75, 3.05) is 6.54 Å². The maximum atomic E-state index is 12.2. The van der Waals surface area contributed by atoms with Crippen molar-refractivity contribution in [2.45, 2.75) is 38.8 Å². The average molecular weight is 281 g/mol. The Hall–Kier alpha value is -1.06. The molecular formula is C15H21ClN2O. The number of carbonyl (C=O) groups excluding carboxylic acids is 1. The number of piperidine rings is 1. The molecule has 1 saturated heterocycles. The van der Waals surface area contributed by atoms with E-state index in [0.29, 0.717) is 17.4 Å². The van der Waals surface area contributed by atoms with E-state index < -0.39 is 0 Å². The molecule has 2 N–H and O–H groups in total. The summed E-state index contributed by atoms with van der Waals surface area (Å²) in [5.41, 5.74) is 7.22. The number of hydrogen-bond donors (Lipinski definition) is 1. The van der Waals surface area contributed by atoms with Gasteiger partial charge in [0.1, 0.15) is 0 Å². The molecule has 104 valence electrons. The van der Waals surface area contributed by atoms with Crippen LogP contribution in [0.25, 0.3) is 0 Å². The van der Waals surface area contributed by atoms with Crippen molar-refractivity contribution in [3.05, 3.63) is 34.9 Å². The molecule has 3 nitrogen and oxygen atoms in total. The lowest BCUT2D eigenvalue weighted by molar-refractivity contribution is -0.138. The molecule has 0 saturated carbocycles. The first-order valence-corrected chi connectivity index (χ1v) is 7.18. The fourth-order valence-electron chi connectivity index (χ4n) is 2.70. The number of halogens is 1. The summed E-state index contributed by atoms with van der Waals surface area (Å²) < 4.78 is 0. The first-order chi connectivity index (χ1) is 9.00. The molecular weight excluding hydrogens is 260 g/mol. The highest BCUT2D eigenvalue weighted by Gasteiger charge is 2.35. The van der Waals surface area contributed by atoms with Gasteiger partial charge in [0.15, 0.2) is 0 Å². The zero-order valence-corrected chi connectivity index (χ0v) is 12.2. The van der Waals surface area contributed by atoms with Crippen molar-refractivity contribution in [1.82, 2.24) is 4.90 Å². The Balaban J connectivity index is 2.36. The summed E-state index contributed by atoms with van der Waals surface area (Å²) in [5, 5.41) is 0.686. The molecule has 1 fully saturated rings.